The van der Waals surface area contributed by atoms with Gasteiger partial charge >= 0.3 is 0 Å². The highest BCUT2D eigenvalue weighted by Gasteiger charge is 2.11. The van der Waals surface area contributed by atoms with Gasteiger partial charge in [0.05, 0.1) is 21.3 Å². The van der Waals surface area contributed by atoms with Gasteiger partial charge in [0.25, 0.3) is 5.91 Å². The van der Waals surface area contributed by atoms with Crippen LogP contribution < -0.4 is 10.6 Å². The summed E-state index contributed by atoms with van der Waals surface area (Å²) in [5, 5.41) is 6.72. The molecule has 1 amide bonds. The van der Waals surface area contributed by atoms with Crippen LogP contribution in [0.2, 0.25) is 10.0 Å². The molecule has 0 unspecified atom stereocenters. The number of anilines is 2. The minimum Gasteiger partial charge on any atom is -0.370 e. The Hall–Kier alpha value is -1.78. The molecule has 1 aromatic carbocycles. The summed E-state index contributed by atoms with van der Waals surface area (Å²) >= 11 is 12.1. The molecule has 122 valence electrons. The third-order valence-corrected chi connectivity index (χ3v) is 3.88. The number of para-hydroxylation sites is 1. The Bertz CT molecular complexity index is 652. The third kappa shape index (κ3) is 5.12. The van der Waals surface area contributed by atoms with E-state index in [1.54, 1.807) is 30.3 Å². The molecule has 2 aromatic rings. The maximum Gasteiger partial charge on any atom is 0.257 e. The maximum absolute atomic E-state index is 12.2. The molecule has 23 heavy (non-hydrogen) atoms. The van der Waals surface area contributed by atoms with E-state index < -0.39 is 0 Å². The summed E-state index contributed by atoms with van der Waals surface area (Å²) in [4.78, 5) is 16.5. The summed E-state index contributed by atoms with van der Waals surface area (Å²) in [5.74, 6) is 1.08. The van der Waals surface area contributed by atoms with Gasteiger partial charge in [-0.2, -0.15) is 0 Å². The Kier molecular flexibility index (Phi) is 6.25. The number of aromatic nitrogens is 1. The van der Waals surface area contributed by atoms with Crippen molar-refractivity contribution in [3.8, 4) is 0 Å². The largest absolute Gasteiger partial charge is 0.370 e. The van der Waals surface area contributed by atoms with Crippen LogP contribution in [0.1, 0.15) is 30.6 Å². The van der Waals surface area contributed by atoms with Gasteiger partial charge in [-0.25, -0.2) is 4.98 Å². The smallest absolute Gasteiger partial charge is 0.257 e. The zero-order valence-corrected chi connectivity index (χ0v) is 14.6. The van der Waals surface area contributed by atoms with Gasteiger partial charge in [-0.3, -0.25) is 4.79 Å². The highest BCUT2D eigenvalue weighted by Crippen LogP contribution is 2.30. The molecular formula is C17H19Cl2N3O. The first-order valence-corrected chi connectivity index (χ1v) is 8.18. The van der Waals surface area contributed by atoms with Crippen molar-refractivity contribution in [2.75, 3.05) is 17.2 Å². The Morgan fingerprint density at radius 2 is 1.87 bits per heavy atom. The van der Waals surface area contributed by atoms with Gasteiger partial charge < -0.3 is 10.6 Å². The van der Waals surface area contributed by atoms with Crippen LogP contribution in [-0.2, 0) is 0 Å². The molecule has 1 heterocycles. The molecule has 0 fully saturated rings. The van der Waals surface area contributed by atoms with E-state index in [9.17, 15) is 4.79 Å². The van der Waals surface area contributed by atoms with Crippen LogP contribution in [0, 0.1) is 5.92 Å². The van der Waals surface area contributed by atoms with E-state index >= 15 is 0 Å². The number of carbonyl (C=O) groups is 1. The van der Waals surface area contributed by atoms with Crippen LogP contribution in [0.25, 0.3) is 0 Å². The molecule has 2 N–H and O–H groups in total. The van der Waals surface area contributed by atoms with Gasteiger partial charge in [-0.1, -0.05) is 43.1 Å². The molecule has 6 heteroatoms. The van der Waals surface area contributed by atoms with Crippen molar-refractivity contribution >= 4 is 40.6 Å². The number of hydrogen-bond donors (Lipinski definition) is 2. The number of amides is 1. The number of rotatable bonds is 6. The second kappa shape index (κ2) is 8.18. The molecule has 0 aliphatic rings. The van der Waals surface area contributed by atoms with Crippen LogP contribution in [0.5, 0.6) is 0 Å². The number of carbonyl (C=O) groups excluding carboxylic acids is 1. The maximum atomic E-state index is 12.2. The van der Waals surface area contributed by atoms with Crippen LogP contribution in [0.15, 0.2) is 36.5 Å². The highest BCUT2D eigenvalue weighted by molar-refractivity contribution is 6.40. The van der Waals surface area contributed by atoms with E-state index in [1.807, 2.05) is 0 Å². The highest BCUT2D eigenvalue weighted by atomic mass is 35.5. The lowest BCUT2D eigenvalue weighted by atomic mass is 10.1. The van der Waals surface area contributed by atoms with Crippen LogP contribution in [0.4, 0.5) is 11.5 Å². The summed E-state index contributed by atoms with van der Waals surface area (Å²) < 4.78 is 0. The lowest BCUT2D eigenvalue weighted by molar-refractivity contribution is 0.102. The number of hydrogen-bond acceptors (Lipinski definition) is 3. The van der Waals surface area contributed by atoms with Gasteiger partial charge in [-0.05, 0) is 36.6 Å². The predicted molar refractivity (Wildman–Crippen MR) is 96.6 cm³/mol. The van der Waals surface area contributed by atoms with Crippen molar-refractivity contribution in [2.24, 2.45) is 5.92 Å². The van der Waals surface area contributed by atoms with Crippen LogP contribution in [-0.4, -0.2) is 17.4 Å². The molecule has 0 atom stereocenters. The number of benzene rings is 1. The van der Waals surface area contributed by atoms with E-state index in [1.165, 1.54) is 6.20 Å². The normalized spacial score (nSPS) is 10.7. The Balaban J connectivity index is 2.00. The number of nitrogens with one attached hydrogen (secondary N) is 2. The first-order valence-electron chi connectivity index (χ1n) is 7.42. The van der Waals surface area contributed by atoms with Crippen molar-refractivity contribution in [3.63, 3.8) is 0 Å². The van der Waals surface area contributed by atoms with Crippen molar-refractivity contribution in [3.05, 3.63) is 52.1 Å². The molecule has 0 saturated heterocycles. The lowest BCUT2D eigenvalue weighted by Gasteiger charge is -2.10. The van der Waals surface area contributed by atoms with Gasteiger partial charge in [0, 0.05) is 12.7 Å². The van der Waals surface area contributed by atoms with Crippen molar-refractivity contribution in [1.29, 1.82) is 0 Å². The fraction of sp³-hybridized carbons (Fsp3) is 0.294. The molecule has 0 bridgehead atoms. The number of nitrogens with zero attached hydrogens (tertiary/aromatic N) is 1. The first-order chi connectivity index (χ1) is 11.0. The minimum absolute atomic E-state index is 0.304. The Morgan fingerprint density at radius 3 is 2.43 bits per heavy atom. The van der Waals surface area contributed by atoms with Gasteiger partial charge in [-0.15, -0.1) is 0 Å². The first kappa shape index (κ1) is 17.6. The summed E-state index contributed by atoms with van der Waals surface area (Å²) in [6.45, 7) is 5.19. The minimum atomic E-state index is -0.304. The monoisotopic (exact) mass is 351 g/mol. The van der Waals surface area contributed by atoms with E-state index in [0.717, 1.165) is 18.8 Å². The van der Waals surface area contributed by atoms with Crippen molar-refractivity contribution in [2.45, 2.75) is 20.3 Å². The summed E-state index contributed by atoms with van der Waals surface area (Å²) in [6, 6.07) is 8.56. The summed E-state index contributed by atoms with van der Waals surface area (Å²) in [7, 11) is 0. The van der Waals surface area contributed by atoms with E-state index in [-0.39, 0.29) is 5.91 Å². The SMILES string of the molecule is CC(C)CCNc1ccc(C(=O)Nc2c(Cl)cccc2Cl)cn1. The molecule has 1 aromatic heterocycles. The molecule has 0 aliphatic heterocycles. The average molecular weight is 352 g/mol. The number of halogens is 2. The molecule has 2 rings (SSSR count). The predicted octanol–water partition coefficient (Wildman–Crippen LogP) is 5.10. The molecule has 0 spiro atoms. The van der Waals surface area contributed by atoms with E-state index in [2.05, 4.69) is 29.5 Å². The Morgan fingerprint density at radius 1 is 1.17 bits per heavy atom. The lowest BCUT2D eigenvalue weighted by Crippen LogP contribution is -2.13. The van der Waals surface area contributed by atoms with Gasteiger partial charge in [0.2, 0.25) is 0 Å². The van der Waals surface area contributed by atoms with E-state index in [0.29, 0.717) is 27.2 Å². The second-order valence-electron chi connectivity index (χ2n) is 5.59. The summed E-state index contributed by atoms with van der Waals surface area (Å²) in [6.07, 6.45) is 2.59. The zero-order valence-electron chi connectivity index (χ0n) is 13.1. The van der Waals surface area contributed by atoms with E-state index in [4.69, 9.17) is 23.2 Å². The molecule has 0 saturated carbocycles. The fourth-order valence-corrected chi connectivity index (χ4v) is 2.42. The molecule has 4 nitrogen and oxygen atoms in total. The van der Waals surface area contributed by atoms with Crippen LogP contribution in [0.3, 0.4) is 0 Å². The number of pyridine rings is 1. The molecule has 0 aliphatic carbocycles. The molecule has 0 radical (unpaired) electrons. The van der Waals surface area contributed by atoms with Gasteiger partial charge in [0.15, 0.2) is 0 Å². The van der Waals surface area contributed by atoms with Crippen LogP contribution >= 0.6 is 23.2 Å². The fourth-order valence-electron chi connectivity index (χ4n) is 1.92. The quantitative estimate of drug-likeness (QED) is 0.761. The van der Waals surface area contributed by atoms with Crippen molar-refractivity contribution in [1.82, 2.24) is 4.98 Å². The standard InChI is InChI=1S/C17H19Cl2N3O/c1-11(2)8-9-20-15-7-6-12(10-21-15)17(23)22-16-13(18)4-3-5-14(16)19/h3-7,10-11H,8-9H2,1-2H3,(H,20,21)(H,22,23). The van der Waals surface area contributed by atoms with Crippen molar-refractivity contribution < 1.29 is 4.79 Å². The zero-order chi connectivity index (χ0) is 16.8. The summed E-state index contributed by atoms with van der Waals surface area (Å²) in [5.41, 5.74) is 0.843. The third-order valence-electron chi connectivity index (χ3n) is 3.25. The topological polar surface area (TPSA) is 54.0 Å². The Labute approximate surface area is 146 Å². The van der Waals surface area contributed by atoms with Gasteiger partial charge in [0.1, 0.15) is 5.82 Å². The average Bonchev–Trinajstić information content (AvgIpc) is 2.51. The second-order valence-corrected chi connectivity index (χ2v) is 6.41. The molecular weight excluding hydrogens is 333 g/mol.